The second kappa shape index (κ2) is 6.22. The highest BCUT2D eigenvalue weighted by molar-refractivity contribution is 4.90. The molecule has 1 saturated carbocycles. The highest BCUT2D eigenvalue weighted by atomic mass is 16.3. The fraction of sp³-hybridized carbons (Fsp3) is 1.00. The van der Waals surface area contributed by atoms with Crippen molar-refractivity contribution in [2.24, 2.45) is 23.2 Å². The minimum absolute atomic E-state index is 0.0692. The molecule has 1 fully saturated rings. The van der Waals surface area contributed by atoms with Crippen LogP contribution in [-0.2, 0) is 0 Å². The van der Waals surface area contributed by atoms with Gasteiger partial charge in [-0.15, -0.1) is 0 Å². The Morgan fingerprint density at radius 2 is 1.82 bits per heavy atom. The van der Waals surface area contributed by atoms with Crippen LogP contribution in [0.3, 0.4) is 0 Å². The number of hydrogen-bond donors (Lipinski definition) is 1. The molecule has 0 spiro atoms. The Bertz CT molecular complexity index is 222. The summed E-state index contributed by atoms with van der Waals surface area (Å²) in [4.78, 5) is 0. The van der Waals surface area contributed by atoms with Crippen molar-refractivity contribution in [1.29, 1.82) is 0 Å². The van der Waals surface area contributed by atoms with E-state index in [-0.39, 0.29) is 6.10 Å². The molecule has 4 atom stereocenters. The van der Waals surface area contributed by atoms with Crippen LogP contribution in [0.15, 0.2) is 0 Å². The number of hydrogen-bond acceptors (Lipinski definition) is 1. The Balaban J connectivity index is 2.53. The van der Waals surface area contributed by atoms with Crippen LogP contribution in [0.4, 0.5) is 0 Å². The molecule has 0 amide bonds. The van der Waals surface area contributed by atoms with Crippen LogP contribution in [-0.4, -0.2) is 11.2 Å². The molecule has 102 valence electrons. The van der Waals surface area contributed by atoms with E-state index < -0.39 is 0 Å². The van der Waals surface area contributed by atoms with E-state index in [1.165, 1.54) is 19.3 Å². The fourth-order valence-electron chi connectivity index (χ4n) is 3.69. The molecule has 1 aliphatic rings. The third-order valence-electron chi connectivity index (χ3n) is 5.40. The predicted octanol–water partition coefficient (Wildman–Crippen LogP) is 4.64. The average molecular weight is 240 g/mol. The van der Waals surface area contributed by atoms with Crippen LogP contribution in [0.5, 0.6) is 0 Å². The highest BCUT2D eigenvalue weighted by Gasteiger charge is 2.41. The molecule has 4 unspecified atom stereocenters. The zero-order valence-electron chi connectivity index (χ0n) is 12.5. The lowest BCUT2D eigenvalue weighted by Crippen LogP contribution is -2.39. The van der Waals surface area contributed by atoms with Gasteiger partial charge in [0, 0.05) is 0 Å². The van der Waals surface area contributed by atoms with Gasteiger partial charge in [-0.3, -0.25) is 0 Å². The lowest BCUT2D eigenvalue weighted by molar-refractivity contribution is 0.0117. The Labute approximate surface area is 108 Å². The van der Waals surface area contributed by atoms with E-state index in [1.807, 2.05) is 0 Å². The zero-order valence-corrected chi connectivity index (χ0v) is 12.5. The molecule has 17 heavy (non-hydrogen) atoms. The van der Waals surface area contributed by atoms with E-state index in [1.54, 1.807) is 0 Å². The third kappa shape index (κ3) is 3.71. The van der Waals surface area contributed by atoms with Crippen LogP contribution in [0.25, 0.3) is 0 Å². The van der Waals surface area contributed by atoms with Gasteiger partial charge in [0.15, 0.2) is 0 Å². The molecule has 0 aromatic heterocycles. The number of aliphatic hydroxyl groups excluding tert-OH is 1. The minimum atomic E-state index is -0.0692. The molecule has 1 aliphatic carbocycles. The molecule has 1 nitrogen and oxygen atoms in total. The van der Waals surface area contributed by atoms with Crippen molar-refractivity contribution < 1.29 is 5.11 Å². The summed E-state index contributed by atoms with van der Waals surface area (Å²) in [6.07, 6.45) is 6.96. The van der Waals surface area contributed by atoms with Gasteiger partial charge >= 0.3 is 0 Å². The Morgan fingerprint density at radius 1 is 1.18 bits per heavy atom. The van der Waals surface area contributed by atoms with E-state index in [0.29, 0.717) is 5.41 Å². The van der Waals surface area contributed by atoms with Gasteiger partial charge in [0.05, 0.1) is 6.10 Å². The first kappa shape index (κ1) is 15.0. The van der Waals surface area contributed by atoms with Gasteiger partial charge in [-0.1, -0.05) is 47.5 Å². The molecule has 0 heterocycles. The van der Waals surface area contributed by atoms with Crippen molar-refractivity contribution in [2.45, 2.75) is 79.2 Å². The average Bonchev–Trinajstić information content (AvgIpc) is 2.24. The van der Waals surface area contributed by atoms with Gasteiger partial charge in [-0.05, 0) is 48.9 Å². The summed E-state index contributed by atoms with van der Waals surface area (Å²) in [5, 5.41) is 9.90. The van der Waals surface area contributed by atoms with Crippen LogP contribution in [0, 0.1) is 23.2 Å². The van der Waals surface area contributed by atoms with Crippen molar-refractivity contribution in [3.63, 3.8) is 0 Å². The number of rotatable bonds is 5. The van der Waals surface area contributed by atoms with E-state index in [0.717, 1.165) is 37.0 Å². The van der Waals surface area contributed by atoms with Gasteiger partial charge < -0.3 is 5.11 Å². The van der Waals surface area contributed by atoms with Gasteiger partial charge in [0.1, 0.15) is 0 Å². The smallest absolute Gasteiger partial charge is 0.0540 e. The molecule has 0 aromatic carbocycles. The van der Waals surface area contributed by atoms with Gasteiger partial charge in [0.2, 0.25) is 0 Å². The lowest BCUT2D eigenvalue weighted by atomic mass is 9.58. The second-order valence-corrected chi connectivity index (χ2v) is 6.90. The molecule has 0 saturated heterocycles. The second-order valence-electron chi connectivity index (χ2n) is 6.90. The standard InChI is InChI=1S/C16H32O/c1-6-7-14(17)10-11-15-12(2)8-9-13(3)16(15,4)5/h12-15,17H,6-11H2,1-5H3. The first-order valence-corrected chi connectivity index (χ1v) is 7.57. The molecule has 1 N–H and O–H groups in total. The van der Waals surface area contributed by atoms with E-state index >= 15 is 0 Å². The Kier molecular flexibility index (Phi) is 5.50. The minimum Gasteiger partial charge on any atom is -0.393 e. The van der Waals surface area contributed by atoms with Crippen molar-refractivity contribution in [3.05, 3.63) is 0 Å². The predicted molar refractivity (Wildman–Crippen MR) is 75.0 cm³/mol. The summed E-state index contributed by atoms with van der Waals surface area (Å²) in [5.41, 5.74) is 0.448. The maximum absolute atomic E-state index is 9.90. The van der Waals surface area contributed by atoms with Crippen LogP contribution in [0.1, 0.15) is 73.1 Å². The van der Waals surface area contributed by atoms with E-state index in [4.69, 9.17) is 0 Å². The molecule has 0 bridgehead atoms. The van der Waals surface area contributed by atoms with Crippen molar-refractivity contribution >= 4 is 0 Å². The van der Waals surface area contributed by atoms with Crippen LogP contribution >= 0.6 is 0 Å². The zero-order chi connectivity index (χ0) is 13.1. The van der Waals surface area contributed by atoms with Crippen LogP contribution in [0.2, 0.25) is 0 Å². The SMILES string of the molecule is CCCC(O)CCC1C(C)CCC(C)C1(C)C. The summed E-state index contributed by atoms with van der Waals surface area (Å²) in [7, 11) is 0. The van der Waals surface area contributed by atoms with Gasteiger partial charge in [-0.25, -0.2) is 0 Å². The monoisotopic (exact) mass is 240 g/mol. The molecule has 1 rings (SSSR count). The summed E-state index contributed by atoms with van der Waals surface area (Å²) >= 11 is 0. The molecule has 1 heteroatoms. The molecular formula is C16H32O. The third-order valence-corrected chi connectivity index (χ3v) is 5.40. The summed E-state index contributed by atoms with van der Waals surface area (Å²) in [5.74, 6) is 2.44. The first-order valence-electron chi connectivity index (χ1n) is 7.57. The normalized spacial score (nSPS) is 34.6. The van der Waals surface area contributed by atoms with E-state index in [2.05, 4.69) is 34.6 Å². The van der Waals surface area contributed by atoms with Gasteiger partial charge in [-0.2, -0.15) is 0 Å². The molecule has 0 radical (unpaired) electrons. The first-order chi connectivity index (χ1) is 7.89. The Morgan fingerprint density at radius 3 is 2.41 bits per heavy atom. The van der Waals surface area contributed by atoms with Crippen LogP contribution < -0.4 is 0 Å². The molecular weight excluding hydrogens is 208 g/mol. The Hall–Kier alpha value is -0.0400. The summed E-state index contributed by atoms with van der Waals surface area (Å²) < 4.78 is 0. The summed E-state index contributed by atoms with van der Waals surface area (Å²) in [6, 6.07) is 0. The van der Waals surface area contributed by atoms with Gasteiger partial charge in [0.25, 0.3) is 0 Å². The lowest BCUT2D eigenvalue weighted by Gasteiger charge is -2.48. The number of aliphatic hydroxyl groups is 1. The maximum atomic E-state index is 9.90. The quantitative estimate of drug-likeness (QED) is 0.742. The largest absolute Gasteiger partial charge is 0.393 e. The van der Waals surface area contributed by atoms with Crippen molar-refractivity contribution in [1.82, 2.24) is 0 Å². The topological polar surface area (TPSA) is 20.2 Å². The molecule has 0 aromatic rings. The van der Waals surface area contributed by atoms with E-state index in [9.17, 15) is 5.11 Å². The van der Waals surface area contributed by atoms with Crippen molar-refractivity contribution in [2.75, 3.05) is 0 Å². The fourth-order valence-corrected chi connectivity index (χ4v) is 3.69. The summed E-state index contributed by atoms with van der Waals surface area (Å²) in [6.45, 7) is 11.8. The highest BCUT2D eigenvalue weighted by Crippen LogP contribution is 2.49. The molecule has 0 aliphatic heterocycles. The van der Waals surface area contributed by atoms with Crippen molar-refractivity contribution in [3.8, 4) is 0 Å². The maximum Gasteiger partial charge on any atom is 0.0540 e.